The highest BCUT2D eigenvalue weighted by Gasteiger charge is 2.02. The summed E-state index contributed by atoms with van der Waals surface area (Å²) in [5, 5.41) is 0. The van der Waals surface area contributed by atoms with E-state index in [1.54, 1.807) is 0 Å². The summed E-state index contributed by atoms with van der Waals surface area (Å²) in [7, 11) is 0. The molecule has 18 heavy (non-hydrogen) atoms. The van der Waals surface area contributed by atoms with Gasteiger partial charge in [-0.15, -0.1) is 0 Å². The molecule has 0 atom stereocenters. The number of ether oxygens (including phenoxy) is 1. The van der Waals surface area contributed by atoms with E-state index in [0.717, 1.165) is 22.9 Å². The number of aromatic amines is 1. The maximum atomic E-state index is 5.72. The molecule has 0 saturated carbocycles. The molecule has 0 aliphatic heterocycles. The van der Waals surface area contributed by atoms with Gasteiger partial charge in [0.2, 0.25) is 0 Å². The van der Waals surface area contributed by atoms with Gasteiger partial charge in [0.05, 0.1) is 0 Å². The third-order valence-corrected chi connectivity index (χ3v) is 2.72. The summed E-state index contributed by atoms with van der Waals surface area (Å²) in [6.45, 7) is 0. The zero-order chi connectivity index (χ0) is 12.2. The third-order valence-electron chi connectivity index (χ3n) is 2.72. The Hall–Kier alpha value is -2.48. The molecule has 1 N–H and O–H groups in total. The van der Waals surface area contributed by atoms with Crippen LogP contribution in [-0.2, 0) is 0 Å². The van der Waals surface area contributed by atoms with Gasteiger partial charge >= 0.3 is 0 Å². The van der Waals surface area contributed by atoms with Crippen LogP contribution in [-0.4, -0.2) is 4.98 Å². The smallest absolute Gasteiger partial charge is 0.197 e. The Kier molecular flexibility index (Phi) is 2.84. The number of hydrogen-bond donors (Lipinski definition) is 1. The maximum absolute atomic E-state index is 5.72. The van der Waals surface area contributed by atoms with Crippen LogP contribution in [0.5, 0.6) is 11.6 Å². The van der Waals surface area contributed by atoms with Gasteiger partial charge in [-0.05, 0) is 23.8 Å². The van der Waals surface area contributed by atoms with Crippen molar-refractivity contribution in [3.63, 3.8) is 0 Å². The van der Waals surface area contributed by atoms with E-state index in [9.17, 15) is 0 Å². The largest absolute Gasteiger partial charge is 0.441 e. The SMILES string of the molecule is c1ccc(Oc2ccc(-c3ccccc3)[nH]2)cc1. The molecule has 0 amide bonds. The molecule has 2 aromatic carbocycles. The Morgan fingerprint density at radius 1 is 0.667 bits per heavy atom. The van der Waals surface area contributed by atoms with E-state index in [2.05, 4.69) is 17.1 Å². The quantitative estimate of drug-likeness (QED) is 0.711. The molecule has 1 heterocycles. The fraction of sp³-hybridized carbons (Fsp3) is 0. The van der Waals surface area contributed by atoms with E-state index in [-0.39, 0.29) is 0 Å². The molecule has 0 bridgehead atoms. The summed E-state index contributed by atoms with van der Waals surface area (Å²) >= 11 is 0. The van der Waals surface area contributed by atoms with Crippen LogP contribution in [0.15, 0.2) is 72.8 Å². The van der Waals surface area contributed by atoms with Crippen molar-refractivity contribution in [2.45, 2.75) is 0 Å². The zero-order valence-corrected chi connectivity index (χ0v) is 9.84. The minimum absolute atomic E-state index is 0.750. The van der Waals surface area contributed by atoms with Gasteiger partial charge in [0.1, 0.15) is 5.75 Å². The second-order valence-corrected chi connectivity index (χ2v) is 4.02. The summed E-state index contributed by atoms with van der Waals surface area (Å²) in [6.07, 6.45) is 0. The zero-order valence-electron chi connectivity index (χ0n) is 9.84. The normalized spacial score (nSPS) is 10.2. The molecule has 0 spiro atoms. The Bertz CT molecular complexity index is 614. The van der Waals surface area contributed by atoms with Crippen molar-refractivity contribution in [2.24, 2.45) is 0 Å². The van der Waals surface area contributed by atoms with Gasteiger partial charge in [-0.3, -0.25) is 0 Å². The lowest BCUT2D eigenvalue weighted by Gasteiger charge is -2.02. The van der Waals surface area contributed by atoms with E-state index >= 15 is 0 Å². The molecule has 88 valence electrons. The Morgan fingerprint density at radius 2 is 1.33 bits per heavy atom. The minimum Gasteiger partial charge on any atom is -0.441 e. The fourth-order valence-corrected chi connectivity index (χ4v) is 1.84. The second-order valence-electron chi connectivity index (χ2n) is 4.02. The number of nitrogens with one attached hydrogen (secondary N) is 1. The van der Waals surface area contributed by atoms with Crippen LogP contribution in [0.1, 0.15) is 0 Å². The van der Waals surface area contributed by atoms with Crippen LogP contribution in [0.2, 0.25) is 0 Å². The fourth-order valence-electron chi connectivity index (χ4n) is 1.84. The van der Waals surface area contributed by atoms with Gasteiger partial charge < -0.3 is 9.72 Å². The van der Waals surface area contributed by atoms with Crippen molar-refractivity contribution in [2.75, 3.05) is 0 Å². The summed E-state index contributed by atoms with van der Waals surface area (Å²) in [5.41, 5.74) is 2.21. The van der Waals surface area contributed by atoms with Crippen molar-refractivity contribution < 1.29 is 4.74 Å². The molecule has 0 saturated heterocycles. The van der Waals surface area contributed by atoms with Crippen LogP contribution in [0.3, 0.4) is 0 Å². The van der Waals surface area contributed by atoms with E-state index < -0.39 is 0 Å². The first-order valence-corrected chi connectivity index (χ1v) is 5.89. The third kappa shape index (κ3) is 2.28. The number of benzene rings is 2. The summed E-state index contributed by atoms with van der Waals surface area (Å²) < 4.78 is 5.72. The number of para-hydroxylation sites is 1. The van der Waals surface area contributed by atoms with Gasteiger partial charge in [-0.1, -0.05) is 48.5 Å². The summed E-state index contributed by atoms with van der Waals surface area (Å²) in [6, 6.07) is 23.9. The van der Waals surface area contributed by atoms with Crippen molar-refractivity contribution in [3.05, 3.63) is 72.8 Å². The molecule has 0 unspecified atom stereocenters. The molecule has 2 nitrogen and oxygen atoms in total. The van der Waals surface area contributed by atoms with E-state index in [1.165, 1.54) is 0 Å². The van der Waals surface area contributed by atoms with Gasteiger partial charge in [-0.25, -0.2) is 0 Å². The first-order chi connectivity index (χ1) is 8.92. The second kappa shape index (κ2) is 4.80. The first kappa shape index (κ1) is 10.7. The molecule has 1 aromatic heterocycles. The first-order valence-electron chi connectivity index (χ1n) is 5.89. The molecule has 3 rings (SSSR count). The number of H-pyrrole nitrogens is 1. The van der Waals surface area contributed by atoms with Gasteiger partial charge in [-0.2, -0.15) is 0 Å². The monoisotopic (exact) mass is 235 g/mol. The van der Waals surface area contributed by atoms with Crippen molar-refractivity contribution in [1.29, 1.82) is 0 Å². The minimum atomic E-state index is 0.750. The predicted octanol–water partition coefficient (Wildman–Crippen LogP) is 4.47. The molecule has 3 aromatic rings. The number of aromatic nitrogens is 1. The van der Waals surface area contributed by atoms with E-state index in [0.29, 0.717) is 0 Å². The topological polar surface area (TPSA) is 25.0 Å². The lowest BCUT2D eigenvalue weighted by molar-refractivity contribution is 0.466. The highest BCUT2D eigenvalue weighted by atomic mass is 16.5. The Labute approximate surface area is 106 Å². The van der Waals surface area contributed by atoms with Crippen LogP contribution in [0, 0.1) is 0 Å². The van der Waals surface area contributed by atoms with Gasteiger partial charge in [0.25, 0.3) is 0 Å². The lowest BCUT2D eigenvalue weighted by atomic mass is 10.2. The molecule has 0 aliphatic rings. The van der Waals surface area contributed by atoms with Crippen molar-refractivity contribution >= 4 is 0 Å². The predicted molar refractivity (Wildman–Crippen MR) is 72.7 cm³/mol. The molecule has 0 fully saturated rings. The van der Waals surface area contributed by atoms with Gasteiger partial charge in [0, 0.05) is 11.8 Å². The van der Waals surface area contributed by atoms with Crippen LogP contribution >= 0.6 is 0 Å². The summed E-state index contributed by atoms with van der Waals surface area (Å²) in [4.78, 5) is 3.26. The lowest BCUT2D eigenvalue weighted by Crippen LogP contribution is -1.83. The van der Waals surface area contributed by atoms with Crippen LogP contribution in [0.25, 0.3) is 11.3 Å². The Balaban J connectivity index is 1.82. The highest BCUT2D eigenvalue weighted by Crippen LogP contribution is 2.25. The standard InChI is InChI=1S/C16H13NO/c1-3-7-13(8-4-1)15-11-12-16(17-15)18-14-9-5-2-6-10-14/h1-12,17H. The molecular formula is C16H13NO. The summed E-state index contributed by atoms with van der Waals surface area (Å²) in [5.74, 6) is 1.58. The van der Waals surface area contributed by atoms with Crippen molar-refractivity contribution in [3.8, 4) is 22.9 Å². The highest BCUT2D eigenvalue weighted by molar-refractivity contribution is 5.60. The maximum Gasteiger partial charge on any atom is 0.197 e. The van der Waals surface area contributed by atoms with Gasteiger partial charge in [0.15, 0.2) is 5.88 Å². The Morgan fingerprint density at radius 3 is 2.06 bits per heavy atom. The molecule has 0 aliphatic carbocycles. The van der Waals surface area contributed by atoms with E-state index in [4.69, 9.17) is 4.74 Å². The number of rotatable bonds is 3. The average Bonchev–Trinajstić information content (AvgIpc) is 2.89. The molecule has 0 radical (unpaired) electrons. The molecule has 2 heteroatoms. The van der Waals surface area contributed by atoms with Crippen LogP contribution < -0.4 is 4.74 Å². The van der Waals surface area contributed by atoms with Crippen molar-refractivity contribution in [1.82, 2.24) is 4.98 Å². The van der Waals surface area contributed by atoms with Crippen LogP contribution in [0.4, 0.5) is 0 Å². The average molecular weight is 235 g/mol. The van der Waals surface area contributed by atoms with E-state index in [1.807, 2.05) is 60.7 Å². The number of hydrogen-bond acceptors (Lipinski definition) is 1. The molecular weight excluding hydrogens is 222 g/mol.